The lowest BCUT2D eigenvalue weighted by atomic mass is 10.1. The largest absolute Gasteiger partial charge is 0.504 e. The molecule has 0 spiro atoms. The van der Waals surface area contributed by atoms with Gasteiger partial charge in [-0.2, -0.15) is 0 Å². The van der Waals surface area contributed by atoms with Crippen molar-refractivity contribution >= 4 is 34.2 Å². The van der Waals surface area contributed by atoms with Gasteiger partial charge in [0.25, 0.3) is 0 Å². The van der Waals surface area contributed by atoms with Gasteiger partial charge in [-0.05, 0) is 58.8 Å². The Balaban J connectivity index is 2.02. The minimum absolute atomic E-state index is 0.199. The molecule has 0 aliphatic rings. The van der Waals surface area contributed by atoms with Crippen molar-refractivity contribution in [1.82, 2.24) is 0 Å². The Bertz CT molecular complexity index is 661. The van der Waals surface area contributed by atoms with Crippen LogP contribution in [0.1, 0.15) is 5.56 Å². The van der Waals surface area contributed by atoms with Crippen LogP contribution in [0.4, 0.5) is 5.69 Å². The number of aromatic hydroxyl groups is 2. The Hall–Kier alpha value is -1.80. The normalized spacial score (nSPS) is 11.9. The van der Waals surface area contributed by atoms with Gasteiger partial charge in [0.2, 0.25) is 5.91 Å². The zero-order chi connectivity index (χ0) is 15.4. The van der Waals surface area contributed by atoms with Crippen molar-refractivity contribution in [2.75, 3.05) is 5.32 Å². The highest BCUT2D eigenvalue weighted by atomic mass is 127. The molecule has 6 heteroatoms. The molecule has 110 valence electrons. The zero-order valence-electron chi connectivity index (χ0n) is 11.1. The van der Waals surface area contributed by atoms with Crippen LogP contribution in [0.3, 0.4) is 0 Å². The summed E-state index contributed by atoms with van der Waals surface area (Å²) < 4.78 is 0.929. The quantitative estimate of drug-likeness (QED) is 0.469. The summed E-state index contributed by atoms with van der Waals surface area (Å²) in [5, 5.41) is 21.5. The molecule has 0 radical (unpaired) electrons. The highest BCUT2D eigenvalue weighted by molar-refractivity contribution is 14.1. The Morgan fingerprint density at radius 1 is 1.19 bits per heavy atom. The van der Waals surface area contributed by atoms with Crippen LogP contribution >= 0.6 is 22.6 Å². The van der Waals surface area contributed by atoms with E-state index in [0.717, 1.165) is 3.57 Å². The number of carbonyl (C=O) groups excluding carboxylic acids is 1. The Kier molecular flexibility index (Phi) is 5.03. The van der Waals surface area contributed by atoms with E-state index in [-0.39, 0.29) is 23.8 Å². The van der Waals surface area contributed by atoms with Crippen molar-refractivity contribution in [1.29, 1.82) is 0 Å². The SMILES string of the molecule is N[C@@H](Cc1ccc(O)c(O)c1)C(=O)Nc1ccccc1I. The van der Waals surface area contributed by atoms with Gasteiger partial charge >= 0.3 is 0 Å². The van der Waals surface area contributed by atoms with E-state index in [1.807, 2.05) is 18.2 Å². The molecule has 0 aromatic heterocycles. The molecule has 1 amide bonds. The summed E-state index contributed by atoms with van der Waals surface area (Å²) in [6, 6.07) is 11.1. The standard InChI is InChI=1S/C15H15IN2O3/c16-10-3-1-2-4-12(10)18-15(21)11(17)7-9-5-6-13(19)14(20)8-9/h1-6,8,11,19-20H,7,17H2,(H,18,21)/t11-/m0/s1. The van der Waals surface area contributed by atoms with Crippen LogP contribution in [0.15, 0.2) is 42.5 Å². The molecule has 1 atom stereocenters. The summed E-state index contributed by atoms with van der Waals surface area (Å²) >= 11 is 2.13. The Morgan fingerprint density at radius 2 is 1.90 bits per heavy atom. The van der Waals surface area contributed by atoms with Crippen LogP contribution in [0.25, 0.3) is 0 Å². The topological polar surface area (TPSA) is 95.6 Å². The number of para-hydroxylation sites is 1. The first-order valence-corrected chi connectivity index (χ1v) is 7.37. The van der Waals surface area contributed by atoms with Crippen molar-refractivity contribution in [3.8, 4) is 11.5 Å². The average Bonchev–Trinajstić information content (AvgIpc) is 2.45. The van der Waals surface area contributed by atoms with Crippen molar-refractivity contribution in [3.63, 3.8) is 0 Å². The van der Waals surface area contributed by atoms with Crippen molar-refractivity contribution < 1.29 is 15.0 Å². The lowest BCUT2D eigenvalue weighted by Gasteiger charge is -2.13. The summed E-state index contributed by atoms with van der Waals surface area (Å²) in [4.78, 5) is 12.1. The van der Waals surface area contributed by atoms with E-state index >= 15 is 0 Å². The third-order valence-corrected chi connectivity index (χ3v) is 3.90. The number of halogens is 1. The van der Waals surface area contributed by atoms with Gasteiger partial charge in [-0.1, -0.05) is 18.2 Å². The van der Waals surface area contributed by atoms with Crippen LogP contribution in [0.5, 0.6) is 11.5 Å². The van der Waals surface area contributed by atoms with E-state index in [1.54, 1.807) is 12.1 Å². The minimum atomic E-state index is -0.745. The molecule has 0 saturated heterocycles. The second kappa shape index (κ2) is 6.77. The molecule has 0 saturated carbocycles. The number of phenolic OH excluding ortho intramolecular Hbond substituents is 2. The number of anilines is 1. The predicted octanol–water partition coefficient (Wildman–Crippen LogP) is 2.21. The summed E-state index contributed by atoms with van der Waals surface area (Å²) in [5.74, 6) is -0.722. The molecule has 21 heavy (non-hydrogen) atoms. The Morgan fingerprint density at radius 3 is 2.57 bits per heavy atom. The summed E-state index contributed by atoms with van der Waals surface area (Å²) in [6.07, 6.45) is 0.267. The first kappa shape index (κ1) is 15.6. The van der Waals surface area contributed by atoms with E-state index in [2.05, 4.69) is 27.9 Å². The highest BCUT2D eigenvalue weighted by Crippen LogP contribution is 2.25. The number of nitrogens with one attached hydrogen (secondary N) is 1. The maximum absolute atomic E-state index is 12.1. The number of benzene rings is 2. The average molecular weight is 398 g/mol. The highest BCUT2D eigenvalue weighted by Gasteiger charge is 2.16. The summed E-state index contributed by atoms with van der Waals surface area (Å²) in [6.45, 7) is 0. The summed E-state index contributed by atoms with van der Waals surface area (Å²) in [7, 11) is 0. The van der Waals surface area contributed by atoms with Crippen LogP contribution < -0.4 is 11.1 Å². The van der Waals surface area contributed by atoms with E-state index < -0.39 is 6.04 Å². The smallest absolute Gasteiger partial charge is 0.241 e. The number of carbonyl (C=O) groups is 1. The van der Waals surface area contributed by atoms with Gasteiger partial charge in [0.05, 0.1) is 11.7 Å². The molecule has 0 unspecified atom stereocenters. The second-order valence-corrected chi connectivity index (χ2v) is 5.76. The van der Waals surface area contributed by atoms with Crippen molar-refractivity contribution in [2.45, 2.75) is 12.5 Å². The number of hydrogen-bond donors (Lipinski definition) is 4. The Labute approximate surface area is 135 Å². The van der Waals surface area contributed by atoms with Crippen LogP contribution in [0, 0.1) is 3.57 Å². The van der Waals surface area contributed by atoms with Gasteiger partial charge in [-0.3, -0.25) is 4.79 Å². The maximum Gasteiger partial charge on any atom is 0.241 e. The van der Waals surface area contributed by atoms with Crippen LogP contribution in [-0.4, -0.2) is 22.2 Å². The monoisotopic (exact) mass is 398 g/mol. The maximum atomic E-state index is 12.1. The van der Waals surface area contributed by atoms with Crippen molar-refractivity contribution in [3.05, 3.63) is 51.6 Å². The van der Waals surface area contributed by atoms with Gasteiger partial charge in [0, 0.05) is 3.57 Å². The molecule has 5 N–H and O–H groups in total. The molecule has 2 aromatic rings. The molecule has 0 fully saturated rings. The molecule has 0 aliphatic carbocycles. The van der Waals surface area contributed by atoms with E-state index in [1.165, 1.54) is 12.1 Å². The molecule has 0 bridgehead atoms. The lowest BCUT2D eigenvalue weighted by Crippen LogP contribution is -2.37. The third-order valence-electron chi connectivity index (χ3n) is 2.96. The molecule has 0 heterocycles. The lowest BCUT2D eigenvalue weighted by molar-refractivity contribution is -0.117. The predicted molar refractivity (Wildman–Crippen MR) is 89.2 cm³/mol. The second-order valence-electron chi connectivity index (χ2n) is 4.60. The zero-order valence-corrected chi connectivity index (χ0v) is 13.2. The molecular formula is C15H15IN2O3. The fourth-order valence-corrected chi connectivity index (χ4v) is 2.35. The van der Waals surface area contributed by atoms with Crippen LogP contribution in [-0.2, 0) is 11.2 Å². The number of rotatable bonds is 4. The molecular weight excluding hydrogens is 383 g/mol. The number of nitrogens with two attached hydrogens (primary N) is 1. The first-order chi connectivity index (χ1) is 9.97. The molecule has 0 aliphatic heterocycles. The number of hydrogen-bond acceptors (Lipinski definition) is 4. The molecule has 5 nitrogen and oxygen atoms in total. The van der Waals surface area contributed by atoms with E-state index in [4.69, 9.17) is 5.73 Å². The van der Waals surface area contributed by atoms with Gasteiger partial charge in [0.15, 0.2) is 11.5 Å². The number of amides is 1. The summed E-state index contributed by atoms with van der Waals surface area (Å²) in [5.41, 5.74) is 7.27. The molecule has 2 rings (SSSR count). The van der Waals surface area contributed by atoms with Crippen molar-refractivity contribution in [2.24, 2.45) is 5.73 Å². The van der Waals surface area contributed by atoms with E-state index in [9.17, 15) is 15.0 Å². The third kappa shape index (κ3) is 4.08. The van der Waals surface area contributed by atoms with Gasteiger partial charge < -0.3 is 21.3 Å². The van der Waals surface area contributed by atoms with E-state index in [0.29, 0.717) is 11.3 Å². The van der Waals surface area contributed by atoms with Crippen LogP contribution in [0.2, 0.25) is 0 Å². The van der Waals surface area contributed by atoms with Gasteiger partial charge in [-0.15, -0.1) is 0 Å². The fourth-order valence-electron chi connectivity index (χ4n) is 1.83. The first-order valence-electron chi connectivity index (χ1n) is 6.29. The number of phenols is 2. The molecule has 2 aromatic carbocycles. The minimum Gasteiger partial charge on any atom is -0.504 e. The van der Waals surface area contributed by atoms with Gasteiger partial charge in [0.1, 0.15) is 0 Å². The van der Waals surface area contributed by atoms with Gasteiger partial charge in [-0.25, -0.2) is 0 Å². The fraction of sp³-hybridized carbons (Fsp3) is 0.133.